The molecule has 0 aliphatic carbocycles. The van der Waals surface area contributed by atoms with Crippen molar-refractivity contribution in [2.45, 2.75) is 59.4 Å². The zero-order chi connectivity index (χ0) is 18.1. The molecule has 1 aliphatic rings. The van der Waals surface area contributed by atoms with Gasteiger partial charge in [0.25, 0.3) is 0 Å². The van der Waals surface area contributed by atoms with E-state index in [1.54, 1.807) is 0 Å². The van der Waals surface area contributed by atoms with E-state index in [-0.39, 0.29) is 5.91 Å². The van der Waals surface area contributed by atoms with Gasteiger partial charge in [-0.1, -0.05) is 19.0 Å². The third-order valence-electron chi connectivity index (χ3n) is 4.42. The minimum atomic E-state index is 0.284. The van der Waals surface area contributed by atoms with Crippen molar-refractivity contribution in [3.8, 4) is 0 Å². The van der Waals surface area contributed by atoms with Crippen LogP contribution in [0.25, 0.3) is 0 Å². The molecular weight excluding hydrogens is 318 g/mol. The summed E-state index contributed by atoms with van der Waals surface area (Å²) < 4.78 is 5.40. The topological polar surface area (TPSA) is 82.8 Å². The summed E-state index contributed by atoms with van der Waals surface area (Å²) in [6.45, 7) is 10.1. The molecular formula is C18H31N5O2. The Morgan fingerprint density at radius 3 is 2.76 bits per heavy atom. The Balaban J connectivity index is 1.85. The Labute approximate surface area is 150 Å². The number of hydrogen-bond acceptors (Lipinski definition) is 4. The van der Waals surface area contributed by atoms with Crippen LogP contribution in [0.1, 0.15) is 57.1 Å². The smallest absolute Gasteiger partial charge is 0.222 e. The van der Waals surface area contributed by atoms with Crippen molar-refractivity contribution in [3.05, 3.63) is 17.0 Å². The van der Waals surface area contributed by atoms with Gasteiger partial charge in [0, 0.05) is 44.6 Å². The average molecular weight is 349 g/mol. The van der Waals surface area contributed by atoms with Crippen molar-refractivity contribution >= 4 is 11.9 Å². The van der Waals surface area contributed by atoms with Gasteiger partial charge < -0.3 is 20.1 Å². The number of guanidine groups is 1. The summed E-state index contributed by atoms with van der Waals surface area (Å²) in [7, 11) is 0. The van der Waals surface area contributed by atoms with Gasteiger partial charge in [-0.05, 0) is 26.2 Å². The lowest BCUT2D eigenvalue weighted by Gasteiger charge is -2.16. The number of aliphatic imine (C=N–C) groups is 1. The summed E-state index contributed by atoms with van der Waals surface area (Å²) in [5, 5.41) is 10.7. The lowest BCUT2D eigenvalue weighted by molar-refractivity contribution is -0.127. The summed E-state index contributed by atoms with van der Waals surface area (Å²) in [5.74, 6) is 2.00. The van der Waals surface area contributed by atoms with E-state index in [1.807, 2.05) is 4.90 Å². The summed E-state index contributed by atoms with van der Waals surface area (Å²) in [4.78, 5) is 18.2. The summed E-state index contributed by atoms with van der Waals surface area (Å²) >= 11 is 0. The monoisotopic (exact) mass is 349 g/mol. The zero-order valence-corrected chi connectivity index (χ0v) is 15.7. The molecule has 1 aromatic rings. The number of rotatable bonds is 9. The van der Waals surface area contributed by atoms with Crippen LogP contribution in [0.4, 0.5) is 0 Å². The Hall–Kier alpha value is -2.05. The number of nitrogens with one attached hydrogen (secondary N) is 2. The minimum Gasteiger partial charge on any atom is -0.361 e. The Kier molecular flexibility index (Phi) is 7.76. The zero-order valence-electron chi connectivity index (χ0n) is 15.7. The van der Waals surface area contributed by atoms with Gasteiger partial charge >= 0.3 is 0 Å². The molecule has 1 amide bonds. The second-order valence-corrected chi connectivity index (χ2v) is 6.20. The molecule has 7 nitrogen and oxygen atoms in total. The predicted octanol–water partition coefficient (Wildman–Crippen LogP) is 1.87. The third-order valence-corrected chi connectivity index (χ3v) is 4.42. The average Bonchev–Trinajstić information content (AvgIpc) is 3.21. The van der Waals surface area contributed by atoms with Crippen LogP contribution >= 0.6 is 0 Å². The third kappa shape index (κ3) is 5.47. The maximum atomic E-state index is 11.6. The molecule has 0 radical (unpaired) electrons. The van der Waals surface area contributed by atoms with Crippen LogP contribution in [0.2, 0.25) is 0 Å². The van der Waals surface area contributed by atoms with Crippen molar-refractivity contribution < 1.29 is 9.32 Å². The first kappa shape index (κ1) is 19.3. The van der Waals surface area contributed by atoms with E-state index >= 15 is 0 Å². The molecule has 2 rings (SSSR count). The molecule has 7 heteroatoms. The number of carbonyl (C=O) groups is 1. The Morgan fingerprint density at radius 2 is 2.12 bits per heavy atom. The minimum absolute atomic E-state index is 0.284. The maximum Gasteiger partial charge on any atom is 0.222 e. The van der Waals surface area contributed by atoms with Gasteiger partial charge in [-0.25, -0.2) is 4.99 Å². The van der Waals surface area contributed by atoms with E-state index in [0.717, 1.165) is 74.8 Å². The largest absolute Gasteiger partial charge is 0.361 e. The molecule has 0 unspecified atom stereocenters. The number of amides is 1. The molecule has 1 aliphatic heterocycles. The van der Waals surface area contributed by atoms with Crippen LogP contribution in [0.15, 0.2) is 9.52 Å². The molecule has 1 saturated heterocycles. The summed E-state index contributed by atoms with van der Waals surface area (Å²) in [6, 6.07) is 0. The Bertz CT molecular complexity index is 561. The molecule has 25 heavy (non-hydrogen) atoms. The summed E-state index contributed by atoms with van der Waals surface area (Å²) in [5.41, 5.74) is 2.09. The van der Waals surface area contributed by atoms with Crippen LogP contribution < -0.4 is 10.6 Å². The number of aromatic nitrogens is 1. The normalized spacial score (nSPS) is 15.1. The molecule has 0 spiro atoms. The number of carbonyl (C=O) groups excluding carboxylic acids is 1. The van der Waals surface area contributed by atoms with Crippen LogP contribution in [0, 0.1) is 0 Å². The van der Waals surface area contributed by atoms with Crippen LogP contribution in [-0.2, 0) is 24.2 Å². The quantitative estimate of drug-likeness (QED) is 0.404. The van der Waals surface area contributed by atoms with E-state index in [4.69, 9.17) is 4.52 Å². The fourth-order valence-corrected chi connectivity index (χ4v) is 3.03. The first-order chi connectivity index (χ1) is 12.2. The first-order valence-electron chi connectivity index (χ1n) is 9.45. The molecule has 0 bridgehead atoms. The fourth-order valence-electron chi connectivity index (χ4n) is 3.03. The molecule has 2 heterocycles. The van der Waals surface area contributed by atoms with E-state index in [0.29, 0.717) is 13.0 Å². The molecule has 1 aromatic heterocycles. The predicted molar refractivity (Wildman–Crippen MR) is 98.5 cm³/mol. The lowest BCUT2D eigenvalue weighted by atomic mass is 10.1. The van der Waals surface area contributed by atoms with E-state index in [2.05, 4.69) is 41.6 Å². The van der Waals surface area contributed by atoms with E-state index < -0.39 is 0 Å². The molecule has 0 atom stereocenters. The highest BCUT2D eigenvalue weighted by Crippen LogP contribution is 2.16. The molecule has 2 N–H and O–H groups in total. The van der Waals surface area contributed by atoms with Crippen molar-refractivity contribution in [1.29, 1.82) is 0 Å². The van der Waals surface area contributed by atoms with Gasteiger partial charge in [0.05, 0.1) is 12.2 Å². The van der Waals surface area contributed by atoms with Gasteiger partial charge in [0.1, 0.15) is 5.76 Å². The highest BCUT2D eigenvalue weighted by atomic mass is 16.5. The van der Waals surface area contributed by atoms with Crippen LogP contribution in [0.3, 0.4) is 0 Å². The van der Waals surface area contributed by atoms with Gasteiger partial charge in [0.15, 0.2) is 5.96 Å². The van der Waals surface area contributed by atoms with Crippen LogP contribution in [0.5, 0.6) is 0 Å². The van der Waals surface area contributed by atoms with E-state index in [1.165, 1.54) is 0 Å². The number of likely N-dealkylation sites (tertiary alicyclic amines) is 1. The fraction of sp³-hybridized carbons (Fsp3) is 0.722. The van der Waals surface area contributed by atoms with Gasteiger partial charge in [-0.15, -0.1) is 0 Å². The van der Waals surface area contributed by atoms with Crippen molar-refractivity contribution in [2.75, 3.05) is 26.2 Å². The second kappa shape index (κ2) is 10.1. The highest BCUT2D eigenvalue weighted by molar-refractivity contribution is 5.80. The van der Waals surface area contributed by atoms with Gasteiger partial charge in [-0.3, -0.25) is 4.79 Å². The van der Waals surface area contributed by atoms with Crippen molar-refractivity contribution in [2.24, 2.45) is 4.99 Å². The van der Waals surface area contributed by atoms with Crippen molar-refractivity contribution in [3.63, 3.8) is 0 Å². The highest BCUT2D eigenvalue weighted by Gasteiger charge is 2.19. The standard InChI is InChI=1S/C18H31N5O2/c1-4-15-14(16(5-2)25-22-15)13-21-18(19-6-3)20-10-8-12-23-11-7-9-17(23)24/h4-13H2,1-3H3,(H2,19,20,21). The van der Waals surface area contributed by atoms with Crippen molar-refractivity contribution in [1.82, 2.24) is 20.7 Å². The Morgan fingerprint density at radius 1 is 1.28 bits per heavy atom. The molecule has 140 valence electrons. The van der Waals surface area contributed by atoms with E-state index in [9.17, 15) is 4.79 Å². The number of aryl methyl sites for hydroxylation is 2. The first-order valence-corrected chi connectivity index (χ1v) is 9.45. The maximum absolute atomic E-state index is 11.6. The van der Waals surface area contributed by atoms with Gasteiger partial charge in [-0.2, -0.15) is 0 Å². The number of hydrogen-bond donors (Lipinski definition) is 2. The molecule has 0 saturated carbocycles. The molecule has 1 fully saturated rings. The SMILES string of the molecule is CCNC(=NCc1c(CC)noc1CC)NCCCN1CCCC1=O. The summed E-state index contributed by atoms with van der Waals surface area (Å²) in [6.07, 6.45) is 4.29. The van der Waals surface area contributed by atoms with Crippen LogP contribution in [-0.4, -0.2) is 48.1 Å². The van der Waals surface area contributed by atoms with Gasteiger partial charge in [0.2, 0.25) is 5.91 Å². The lowest BCUT2D eigenvalue weighted by Crippen LogP contribution is -2.39. The second-order valence-electron chi connectivity index (χ2n) is 6.20. The number of nitrogens with zero attached hydrogens (tertiary/aromatic N) is 3. The molecule has 0 aromatic carbocycles.